The van der Waals surface area contributed by atoms with Crippen LogP contribution in [-0.2, 0) is 22.4 Å². The first-order valence-corrected chi connectivity index (χ1v) is 15.1. The van der Waals surface area contributed by atoms with Crippen molar-refractivity contribution in [3.63, 3.8) is 0 Å². The van der Waals surface area contributed by atoms with Gasteiger partial charge in [0.25, 0.3) is 5.91 Å². The molecule has 0 aliphatic carbocycles. The number of aliphatic hydroxyl groups is 1. The molecule has 4 aromatic rings. The van der Waals surface area contributed by atoms with Crippen molar-refractivity contribution in [1.29, 1.82) is 0 Å². The summed E-state index contributed by atoms with van der Waals surface area (Å²) in [5.74, 6) is -3.66. The summed E-state index contributed by atoms with van der Waals surface area (Å²) < 4.78 is 27.8. The monoisotopic (exact) mass is 630 g/mol. The van der Waals surface area contributed by atoms with Crippen molar-refractivity contribution in [3.8, 4) is 0 Å². The van der Waals surface area contributed by atoms with Gasteiger partial charge in [0.15, 0.2) is 11.6 Å². The van der Waals surface area contributed by atoms with Gasteiger partial charge in [-0.05, 0) is 65.6 Å². The second-order valence-corrected chi connectivity index (χ2v) is 11.7. The molecule has 0 spiro atoms. The highest BCUT2D eigenvalue weighted by atomic mass is 19.2. The minimum absolute atomic E-state index is 0.0794. The molecule has 0 fully saturated rings. The number of fused-ring (bicyclic) bond motifs is 1. The lowest BCUT2D eigenvalue weighted by Gasteiger charge is -2.35. The van der Waals surface area contributed by atoms with Gasteiger partial charge in [-0.1, -0.05) is 60.7 Å². The van der Waals surface area contributed by atoms with Gasteiger partial charge in [-0.2, -0.15) is 0 Å². The molecule has 0 aliphatic heterocycles. The Morgan fingerprint density at radius 1 is 0.783 bits per heavy atom. The maximum Gasteiger partial charge on any atom is 0.254 e. The van der Waals surface area contributed by atoms with E-state index in [0.717, 1.165) is 34.0 Å². The third-order valence-electron chi connectivity index (χ3n) is 8.08. The number of hydrogen-bond acceptors (Lipinski definition) is 5. The molecule has 0 saturated heterocycles. The molecule has 46 heavy (non-hydrogen) atoms. The van der Waals surface area contributed by atoms with Crippen LogP contribution in [0.1, 0.15) is 46.9 Å². The fraction of sp³-hybridized carbons (Fsp3) is 0.306. The van der Waals surface area contributed by atoms with E-state index in [1.54, 1.807) is 18.2 Å². The third kappa shape index (κ3) is 8.32. The van der Waals surface area contributed by atoms with E-state index in [2.05, 4.69) is 5.32 Å². The Balaban J connectivity index is 1.72. The summed E-state index contributed by atoms with van der Waals surface area (Å²) in [5.41, 5.74) is 8.25. The highest BCUT2D eigenvalue weighted by Gasteiger charge is 2.35. The van der Waals surface area contributed by atoms with E-state index in [1.807, 2.05) is 55.5 Å². The fourth-order valence-corrected chi connectivity index (χ4v) is 5.33. The Bertz CT molecular complexity index is 1710. The number of nitrogens with two attached hydrogens (primary N) is 1. The lowest BCUT2D eigenvalue weighted by atomic mass is 9.97. The number of carbonyl (C=O) groups excluding carboxylic acids is 3. The van der Waals surface area contributed by atoms with Gasteiger partial charge in [0, 0.05) is 45.1 Å². The predicted molar refractivity (Wildman–Crippen MR) is 174 cm³/mol. The Morgan fingerprint density at radius 3 is 2.11 bits per heavy atom. The van der Waals surface area contributed by atoms with E-state index in [0.29, 0.717) is 11.1 Å². The quantitative estimate of drug-likeness (QED) is 0.215. The van der Waals surface area contributed by atoms with Gasteiger partial charge < -0.3 is 26.0 Å². The maximum absolute atomic E-state index is 14.4. The molecular weight excluding hydrogens is 590 g/mol. The molecule has 4 aromatic carbocycles. The molecule has 0 heterocycles. The molecule has 3 amide bonds. The number of aliphatic hydroxyl groups excluding tert-OH is 1. The summed E-state index contributed by atoms with van der Waals surface area (Å²) in [6.45, 7) is 3.23. The smallest absolute Gasteiger partial charge is 0.254 e. The third-order valence-corrected chi connectivity index (χ3v) is 8.08. The number of hydrogen-bond donors (Lipinski definition) is 3. The summed E-state index contributed by atoms with van der Waals surface area (Å²) in [5, 5.41) is 14.4. The highest BCUT2D eigenvalue weighted by molar-refractivity contribution is 5.98. The van der Waals surface area contributed by atoms with Crippen LogP contribution in [0.15, 0.2) is 84.9 Å². The molecule has 242 valence electrons. The van der Waals surface area contributed by atoms with Crippen LogP contribution >= 0.6 is 0 Å². The molecule has 0 bridgehead atoms. The molecule has 0 aromatic heterocycles. The Labute approximate surface area is 267 Å². The van der Waals surface area contributed by atoms with E-state index in [1.165, 1.54) is 36.9 Å². The number of rotatable bonds is 12. The van der Waals surface area contributed by atoms with Crippen LogP contribution in [0.25, 0.3) is 10.8 Å². The fourth-order valence-electron chi connectivity index (χ4n) is 5.33. The van der Waals surface area contributed by atoms with Gasteiger partial charge in [-0.25, -0.2) is 8.78 Å². The minimum Gasteiger partial charge on any atom is -0.392 e. The first kappa shape index (κ1) is 34.2. The lowest BCUT2D eigenvalue weighted by Crippen LogP contribution is -2.56. The number of nitrogens with one attached hydrogen (secondary N) is 1. The van der Waals surface area contributed by atoms with Gasteiger partial charge in [0.2, 0.25) is 11.8 Å². The number of nitrogens with zero attached hydrogens (tertiary/aromatic N) is 2. The largest absolute Gasteiger partial charge is 0.392 e. The summed E-state index contributed by atoms with van der Waals surface area (Å²) in [6.07, 6.45) is -0.858. The average Bonchev–Trinajstić information content (AvgIpc) is 3.05. The van der Waals surface area contributed by atoms with E-state index in [9.17, 15) is 28.3 Å². The number of amides is 3. The van der Waals surface area contributed by atoms with Crippen molar-refractivity contribution in [2.75, 3.05) is 20.6 Å². The molecule has 4 rings (SSSR count). The predicted octanol–water partition coefficient (Wildman–Crippen LogP) is 4.39. The maximum atomic E-state index is 14.4. The molecule has 0 saturated carbocycles. The second-order valence-electron chi connectivity index (χ2n) is 11.7. The molecule has 0 radical (unpaired) electrons. The number of halogens is 2. The Morgan fingerprint density at radius 2 is 1.43 bits per heavy atom. The zero-order valence-corrected chi connectivity index (χ0v) is 26.4. The van der Waals surface area contributed by atoms with Crippen LogP contribution in [0.2, 0.25) is 0 Å². The first-order chi connectivity index (χ1) is 21.8. The van der Waals surface area contributed by atoms with E-state index >= 15 is 0 Å². The summed E-state index contributed by atoms with van der Waals surface area (Å²) in [6, 6.07) is 21.2. The topological polar surface area (TPSA) is 116 Å². The molecule has 0 aliphatic rings. The molecule has 4 atom stereocenters. The van der Waals surface area contributed by atoms with Crippen molar-refractivity contribution in [2.24, 2.45) is 5.73 Å². The van der Waals surface area contributed by atoms with Gasteiger partial charge >= 0.3 is 0 Å². The van der Waals surface area contributed by atoms with Crippen molar-refractivity contribution >= 4 is 28.5 Å². The van der Waals surface area contributed by atoms with Gasteiger partial charge in [0.05, 0.1) is 6.10 Å². The highest BCUT2D eigenvalue weighted by Crippen LogP contribution is 2.22. The van der Waals surface area contributed by atoms with Crippen LogP contribution in [-0.4, -0.2) is 71.5 Å². The zero-order valence-electron chi connectivity index (χ0n) is 26.4. The van der Waals surface area contributed by atoms with Crippen molar-refractivity contribution in [1.82, 2.24) is 15.1 Å². The van der Waals surface area contributed by atoms with E-state index in [-0.39, 0.29) is 25.4 Å². The minimum atomic E-state index is -1.17. The standard InChI is InChI=1S/C36H40F2N4O4/c1-22(43)21-40-34(44)32(18-25-13-15-30(37)31(38)17-25)41(3)36(46)33(19-24-12-14-26-8-5-6-9-28(26)16-24)42(4)35(45)29-11-7-10-27(20-29)23(2)39/h5-17,20,22-23,32-33,43H,18-19,21,39H2,1-4H3,(H,40,44)/t22-,23?,32-,33-/m1/s1. The number of likely N-dealkylation sites (N-methyl/N-ethyl adjacent to an activating group) is 2. The molecular formula is C36H40F2N4O4. The van der Waals surface area contributed by atoms with Crippen LogP contribution in [0, 0.1) is 11.6 Å². The first-order valence-electron chi connectivity index (χ1n) is 15.1. The summed E-state index contributed by atoms with van der Waals surface area (Å²) in [7, 11) is 2.98. The molecule has 8 nitrogen and oxygen atoms in total. The second kappa shape index (κ2) is 15.1. The normalized spacial score (nSPS) is 13.8. The average molecular weight is 631 g/mol. The summed E-state index contributed by atoms with van der Waals surface area (Å²) >= 11 is 0. The van der Waals surface area contributed by atoms with Crippen molar-refractivity contribution < 1.29 is 28.3 Å². The van der Waals surface area contributed by atoms with Crippen LogP contribution in [0.4, 0.5) is 8.78 Å². The number of benzene rings is 4. The zero-order chi connectivity index (χ0) is 33.5. The molecule has 10 heteroatoms. The SMILES string of the molecule is CC(N)c1cccc(C(=O)N(C)[C@H](Cc2ccc3ccccc3c2)C(=O)N(C)[C@H](Cc2ccc(F)c(F)c2)C(=O)NC[C@@H](C)O)c1. The van der Waals surface area contributed by atoms with Gasteiger partial charge in [-0.3, -0.25) is 14.4 Å². The van der Waals surface area contributed by atoms with Crippen LogP contribution < -0.4 is 11.1 Å². The van der Waals surface area contributed by atoms with Gasteiger partial charge in [-0.15, -0.1) is 0 Å². The van der Waals surface area contributed by atoms with Crippen LogP contribution in [0.3, 0.4) is 0 Å². The Kier molecular flexibility index (Phi) is 11.2. The number of carbonyl (C=O) groups is 3. The van der Waals surface area contributed by atoms with Crippen molar-refractivity contribution in [2.45, 2.75) is 50.9 Å². The van der Waals surface area contributed by atoms with Crippen molar-refractivity contribution in [3.05, 3.63) is 119 Å². The van der Waals surface area contributed by atoms with E-state index in [4.69, 9.17) is 5.73 Å². The molecule has 4 N–H and O–H groups in total. The van der Waals surface area contributed by atoms with Gasteiger partial charge in [0.1, 0.15) is 12.1 Å². The lowest BCUT2D eigenvalue weighted by molar-refractivity contribution is -0.142. The van der Waals surface area contributed by atoms with E-state index < -0.39 is 47.5 Å². The van der Waals surface area contributed by atoms with Crippen LogP contribution in [0.5, 0.6) is 0 Å². The molecule has 1 unspecified atom stereocenters. The Hall–Kier alpha value is -4.67. The summed E-state index contributed by atoms with van der Waals surface area (Å²) in [4.78, 5) is 44.3.